The van der Waals surface area contributed by atoms with Crippen LogP contribution in [0.5, 0.6) is 5.75 Å². The summed E-state index contributed by atoms with van der Waals surface area (Å²) >= 11 is 8.07. The van der Waals surface area contributed by atoms with Gasteiger partial charge in [0, 0.05) is 46.1 Å². The molecule has 10 heteroatoms. The number of hydrogen-bond donors (Lipinski definition) is 1. The van der Waals surface area contributed by atoms with Gasteiger partial charge >= 0.3 is 0 Å². The Morgan fingerprint density at radius 1 is 1.17 bits per heavy atom. The fourth-order valence-electron chi connectivity index (χ4n) is 5.18. The second kappa shape index (κ2) is 9.05. The van der Waals surface area contributed by atoms with Crippen molar-refractivity contribution >= 4 is 50.7 Å². The number of thiophene rings is 1. The number of aliphatic hydroxyl groups is 1. The average Bonchev–Trinajstić information content (AvgIpc) is 3.58. The summed E-state index contributed by atoms with van der Waals surface area (Å²) in [6.45, 7) is 2.06. The molecule has 8 nitrogen and oxygen atoms in total. The van der Waals surface area contributed by atoms with Crippen molar-refractivity contribution in [2.75, 3.05) is 31.3 Å². The van der Waals surface area contributed by atoms with E-state index >= 15 is 0 Å². The van der Waals surface area contributed by atoms with E-state index in [0.717, 1.165) is 44.1 Å². The van der Waals surface area contributed by atoms with Crippen LogP contribution in [0.3, 0.4) is 0 Å². The molecule has 6 rings (SSSR count). The first kappa shape index (κ1) is 22.7. The van der Waals surface area contributed by atoms with Crippen LogP contribution in [0.15, 0.2) is 30.5 Å². The van der Waals surface area contributed by atoms with Gasteiger partial charge in [0.05, 0.1) is 54.4 Å². The van der Waals surface area contributed by atoms with Gasteiger partial charge in [-0.15, -0.1) is 11.3 Å². The van der Waals surface area contributed by atoms with Crippen LogP contribution in [0.4, 0.5) is 5.69 Å². The normalized spacial score (nSPS) is 22.2. The first-order valence-corrected chi connectivity index (χ1v) is 12.9. The summed E-state index contributed by atoms with van der Waals surface area (Å²) in [5.74, 6) is 0.468. The molecule has 2 fully saturated rings. The Balaban J connectivity index is 1.43. The number of benzene rings is 1. The Labute approximate surface area is 211 Å². The van der Waals surface area contributed by atoms with E-state index in [1.165, 1.54) is 16.2 Å². The number of hydrogen-bond acceptors (Lipinski definition) is 8. The zero-order valence-electron chi connectivity index (χ0n) is 18.9. The van der Waals surface area contributed by atoms with Gasteiger partial charge in [0.2, 0.25) is 11.8 Å². The molecule has 2 saturated heterocycles. The number of pyridine rings is 1. The zero-order chi connectivity index (χ0) is 24.1. The van der Waals surface area contributed by atoms with Crippen LogP contribution in [0.2, 0.25) is 5.02 Å². The summed E-state index contributed by atoms with van der Waals surface area (Å²) in [6.07, 6.45) is 2.90. The van der Waals surface area contributed by atoms with Gasteiger partial charge in [-0.25, -0.2) is 0 Å². The Morgan fingerprint density at radius 2 is 2.00 bits per heavy atom. The lowest BCUT2D eigenvalue weighted by Crippen LogP contribution is -2.42. The lowest BCUT2D eigenvalue weighted by Gasteiger charge is -2.37. The summed E-state index contributed by atoms with van der Waals surface area (Å²) in [4.78, 5) is 33.4. The van der Waals surface area contributed by atoms with E-state index in [4.69, 9.17) is 21.1 Å². The van der Waals surface area contributed by atoms with Gasteiger partial charge in [0.15, 0.2) is 0 Å². The largest absolute Gasteiger partial charge is 0.489 e. The molecule has 0 radical (unpaired) electrons. The molecular weight excluding hydrogens is 490 g/mol. The molecule has 0 spiro atoms. The summed E-state index contributed by atoms with van der Waals surface area (Å²) in [5.41, 5.74) is 3.68. The minimum atomic E-state index is -0.162. The van der Waals surface area contributed by atoms with E-state index in [1.807, 2.05) is 24.3 Å². The molecule has 1 N–H and O–H groups in total. The predicted octanol–water partition coefficient (Wildman–Crippen LogP) is 3.61. The number of aromatic nitrogens is 1. The van der Waals surface area contributed by atoms with Crippen molar-refractivity contribution in [3.8, 4) is 16.9 Å². The van der Waals surface area contributed by atoms with Gasteiger partial charge in [-0.2, -0.15) is 0 Å². The third kappa shape index (κ3) is 4.06. The Bertz CT molecular complexity index is 1310. The monoisotopic (exact) mass is 513 g/mol. The van der Waals surface area contributed by atoms with Crippen LogP contribution in [0.1, 0.15) is 24.1 Å². The number of likely N-dealkylation sites (tertiary alicyclic amines) is 1. The molecule has 2 amide bonds. The highest BCUT2D eigenvalue weighted by Crippen LogP contribution is 2.47. The van der Waals surface area contributed by atoms with Gasteiger partial charge in [-0.05, 0) is 24.6 Å². The number of amides is 2. The molecule has 2 atom stereocenters. The Kier molecular flexibility index (Phi) is 5.88. The molecular formula is C25H24ClN3O5S. The molecule has 0 bridgehead atoms. The molecule has 182 valence electrons. The van der Waals surface area contributed by atoms with Crippen molar-refractivity contribution in [1.82, 2.24) is 9.88 Å². The maximum atomic E-state index is 12.1. The summed E-state index contributed by atoms with van der Waals surface area (Å²) in [7, 11) is 0. The third-order valence-corrected chi connectivity index (χ3v) is 8.20. The maximum Gasteiger partial charge on any atom is 0.230 e. The number of rotatable bonds is 5. The van der Waals surface area contributed by atoms with Gasteiger partial charge in [0.25, 0.3) is 0 Å². The molecule has 2 aromatic heterocycles. The number of ether oxygens (including phenoxy) is 2. The fraction of sp³-hybridized carbons (Fsp3) is 0.400. The van der Waals surface area contributed by atoms with Crippen molar-refractivity contribution in [3.05, 3.63) is 40.4 Å². The fourth-order valence-corrected chi connectivity index (χ4v) is 6.52. The van der Waals surface area contributed by atoms with Crippen molar-refractivity contribution in [2.45, 2.75) is 38.0 Å². The molecule has 1 unspecified atom stereocenters. The van der Waals surface area contributed by atoms with Crippen LogP contribution in [-0.4, -0.2) is 65.3 Å². The second-order valence-corrected chi connectivity index (χ2v) is 10.6. The number of imide groups is 1. The molecule has 0 saturated carbocycles. The maximum absolute atomic E-state index is 12.1. The van der Waals surface area contributed by atoms with Gasteiger partial charge in [-0.3, -0.25) is 19.5 Å². The van der Waals surface area contributed by atoms with E-state index < -0.39 is 0 Å². The Morgan fingerprint density at radius 3 is 2.77 bits per heavy atom. The van der Waals surface area contributed by atoms with Crippen LogP contribution in [0, 0.1) is 0 Å². The number of anilines is 1. The average molecular weight is 514 g/mol. The summed E-state index contributed by atoms with van der Waals surface area (Å²) < 4.78 is 12.8. The number of halogens is 1. The van der Waals surface area contributed by atoms with Crippen molar-refractivity contribution in [1.29, 1.82) is 0 Å². The number of carbonyl (C=O) groups excluding carboxylic acids is 2. The molecule has 35 heavy (non-hydrogen) atoms. The first-order chi connectivity index (χ1) is 17.0. The second-order valence-electron chi connectivity index (χ2n) is 9.03. The highest BCUT2D eigenvalue weighted by Gasteiger charge is 2.35. The third-order valence-electron chi connectivity index (χ3n) is 6.84. The van der Waals surface area contributed by atoms with Crippen LogP contribution < -0.4 is 9.64 Å². The van der Waals surface area contributed by atoms with Crippen molar-refractivity contribution in [3.63, 3.8) is 0 Å². The zero-order valence-corrected chi connectivity index (χ0v) is 20.5. The minimum Gasteiger partial charge on any atom is -0.489 e. The van der Waals surface area contributed by atoms with E-state index in [0.29, 0.717) is 24.8 Å². The predicted molar refractivity (Wildman–Crippen MR) is 133 cm³/mol. The first-order valence-electron chi connectivity index (χ1n) is 11.7. The number of nitrogens with zero attached hydrogens (tertiary/aromatic N) is 3. The smallest absolute Gasteiger partial charge is 0.230 e. The molecule has 3 aliphatic heterocycles. The van der Waals surface area contributed by atoms with Gasteiger partial charge < -0.3 is 19.5 Å². The molecule has 0 aliphatic carbocycles. The van der Waals surface area contributed by atoms with E-state index in [-0.39, 0.29) is 50.0 Å². The lowest BCUT2D eigenvalue weighted by molar-refractivity contribution is -0.138. The van der Waals surface area contributed by atoms with Crippen molar-refractivity contribution in [2.24, 2.45) is 0 Å². The molecule has 3 aromatic rings. The van der Waals surface area contributed by atoms with Crippen LogP contribution in [-0.2, 0) is 20.9 Å². The highest BCUT2D eigenvalue weighted by molar-refractivity contribution is 7.19. The van der Waals surface area contributed by atoms with Gasteiger partial charge in [-0.1, -0.05) is 11.6 Å². The highest BCUT2D eigenvalue weighted by atomic mass is 35.5. The summed E-state index contributed by atoms with van der Waals surface area (Å²) in [6, 6.07) is 7.83. The lowest BCUT2D eigenvalue weighted by atomic mass is 9.99. The minimum absolute atomic E-state index is 0.00610. The van der Waals surface area contributed by atoms with Gasteiger partial charge in [0.1, 0.15) is 12.4 Å². The van der Waals surface area contributed by atoms with Crippen LogP contribution >= 0.6 is 22.9 Å². The molecule has 5 heterocycles. The van der Waals surface area contributed by atoms with Crippen LogP contribution in [0.25, 0.3) is 21.3 Å². The number of fused-ring (bicyclic) bond motifs is 2. The quantitative estimate of drug-likeness (QED) is 0.521. The topological polar surface area (TPSA) is 92.2 Å². The Hall–Kier alpha value is -2.72. The van der Waals surface area contributed by atoms with E-state index in [9.17, 15) is 14.7 Å². The molecule has 3 aliphatic rings. The SMILES string of the molecule is O=C1CCC(=O)N1Cc1cc2nccc(-c3cc(Cl)cc4c3N(C3CO[C@@H](CO)C3)CCO4)c2s1. The number of carbonyl (C=O) groups is 2. The van der Waals surface area contributed by atoms with E-state index in [2.05, 4.69) is 9.88 Å². The standard InChI is InChI=1S/C25H24ClN3O5S/c26-14-7-19(24-21(8-14)33-6-5-28(24)15-9-16(12-30)34-13-15)18-3-4-27-20-10-17(35-25(18)20)11-29-22(31)1-2-23(29)32/h3-4,7-8,10,15-16,30H,1-2,5-6,9,11-13H2/t15?,16-/m1/s1. The number of aliphatic hydroxyl groups excluding tert-OH is 1. The summed E-state index contributed by atoms with van der Waals surface area (Å²) in [5, 5.41) is 10.1. The van der Waals surface area contributed by atoms with Crippen molar-refractivity contribution < 1.29 is 24.2 Å². The van der Waals surface area contributed by atoms with E-state index in [1.54, 1.807) is 6.20 Å². The molecule has 1 aromatic carbocycles.